The molecule has 3 aromatic heterocycles. The van der Waals surface area contributed by atoms with Crippen molar-refractivity contribution in [2.75, 3.05) is 18.4 Å². The third-order valence-electron chi connectivity index (χ3n) is 4.90. The van der Waals surface area contributed by atoms with Gasteiger partial charge in [0.2, 0.25) is 0 Å². The van der Waals surface area contributed by atoms with Crippen molar-refractivity contribution in [1.82, 2.24) is 19.4 Å². The Bertz CT molecular complexity index is 1120. The van der Waals surface area contributed by atoms with Gasteiger partial charge in [-0.15, -0.1) is 11.3 Å². The lowest BCUT2D eigenvalue weighted by Crippen LogP contribution is -2.39. The van der Waals surface area contributed by atoms with Gasteiger partial charge >= 0.3 is 6.09 Å². The predicted octanol–water partition coefficient (Wildman–Crippen LogP) is 5.11. The molecule has 1 aliphatic heterocycles. The van der Waals surface area contributed by atoms with Crippen LogP contribution >= 0.6 is 11.3 Å². The van der Waals surface area contributed by atoms with Crippen molar-refractivity contribution >= 4 is 44.9 Å². The Kier molecular flexibility index (Phi) is 5.27. The summed E-state index contributed by atoms with van der Waals surface area (Å²) in [6.07, 6.45) is 6.44. The van der Waals surface area contributed by atoms with E-state index in [1.54, 1.807) is 16.2 Å². The average molecular weight is 426 g/mol. The highest BCUT2D eigenvalue weighted by atomic mass is 32.1. The predicted molar refractivity (Wildman–Crippen MR) is 121 cm³/mol. The lowest BCUT2D eigenvalue weighted by atomic mass is 10.0. The van der Waals surface area contributed by atoms with Gasteiger partial charge in [-0.3, -0.25) is 0 Å². The molecule has 0 fully saturated rings. The average Bonchev–Trinajstić information content (AvgIpc) is 3.26. The SMILES string of the molecule is Cc1cnc(Nc2cc3c(ccn3C)c(C3=CCN(C(=O)OC(C)(C)C)CC3)n2)s1. The topological polar surface area (TPSA) is 72.3 Å². The van der Waals surface area contributed by atoms with Crippen molar-refractivity contribution in [2.24, 2.45) is 7.05 Å². The Labute approximate surface area is 180 Å². The molecule has 1 N–H and O–H groups in total. The second kappa shape index (κ2) is 7.75. The van der Waals surface area contributed by atoms with Crippen LogP contribution in [0.1, 0.15) is 37.8 Å². The summed E-state index contributed by atoms with van der Waals surface area (Å²) >= 11 is 1.60. The van der Waals surface area contributed by atoms with Gasteiger partial charge in [0, 0.05) is 48.9 Å². The van der Waals surface area contributed by atoms with Crippen LogP contribution in [0, 0.1) is 6.92 Å². The van der Waals surface area contributed by atoms with Crippen molar-refractivity contribution in [1.29, 1.82) is 0 Å². The van der Waals surface area contributed by atoms with Crippen LogP contribution in [-0.4, -0.2) is 44.2 Å². The molecule has 0 atom stereocenters. The number of hydrogen-bond donors (Lipinski definition) is 1. The van der Waals surface area contributed by atoms with Crippen molar-refractivity contribution < 1.29 is 9.53 Å². The number of carbonyl (C=O) groups excluding carboxylic acids is 1. The van der Waals surface area contributed by atoms with Crippen LogP contribution < -0.4 is 5.32 Å². The van der Waals surface area contributed by atoms with Crippen LogP contribution in [0.3, 0.4) is 0 Å². The first kappa shape index (κ1) is 20.4. The maximum atomic E-state index is 12.4. The van der Waals surface area contributed by atoms with E-state index in [0.29, 0.717) is 13.1 Å². The Morgan fingerprint density at radius 3 is 2.77 bits per heavy atom. The Balaban J connectivity index is 1.62. The highest BCUT2D eigenvalue weighted by Gasteiger charge is 2.25. The highest BCUT2D eigenvalue weighted by molar-refractivity contribution is 7.15. The molecule has 0 saturated heterocycles. The normalized spacial score (nSPS) is 14.7. The fourth-order valence-electron chi connectivity index (χ4n) is 3.47. The number of anilines is 2. The molecular weight excluding hydrogens is 398 g/mol. The van der Waals surface area contributed by atoms with E-state index in [0.717, 1.165) is 44.4 Å². The monoisotopic (exact) mass is 425 g/mol. The van der Waals surface area contributed by atoms with E-state index in [4.69, 9.17) is 9.72 Å². The van der Waals surface area contributed by atoms with E-state index < -0.39 is 5.60 Å². The minimum atomic E-state index is -0.493. The molecular formula is C22H27N5O2S. The first-order valence-electron chi connectivity index (χ1n) is 10.0. The molecule has 0 aromatic carbocycles. The molecule has 0 radical (unpaired) electrons. The number of carbonyl (C=O) groups is 1. The molecule has 4 heterocycles. The van der Waals surface area contributed by atoms with Crippen LogP contribution in [0.25, 0.3) is 16.5 Å². The highest BCUT2D eigenvalue weighted by Crippen LogP contribution is 2.32. The molecule has 0 unspecified atom stereocenters. The zero-order valence-electron chi connectivity index (χ0n) is 18.0. The van der Waals surface area contributed by atoms with E-state index in [1.807, 2.05) is 53.2 Å². The molecule has 158 valence electrons. The zero-order valence-corrected chi connectivity index (χ0v) is 18.8. The van der Waals surface area contributed by atoms with Gasteiger partial charge in [-0.1, -0.05) is 6.08 Å². The van der Waals surface area contributed by atoms with Crippen LogP contribution in [-0.2, 0) is 11.8 Å². The maximum Gasteiger partial charge on any atom is 0.410 e. The molecule has 0 spiro atoms. The molecule has 3 aromatic rings. The molecule has 30 heavy (non-hydrogen) atoms. The van der Waals surface area contributed by atoms with E-state index in [-0.39, 0.29) is 6.09 Å². The first-order chi connectivity index (χ1) is 14.2. The lowest BCUT2D eigenvalue weighted by Gasteiger charge is -2.29. The number of rotatable bonds is 3. The summed E-state index contributed by atoms with van der Waals surface area (Å²) in [6.45, 7) is 8.81. The summed E-state index contributed by atoms with van der Waals surface area (Å²) in [5.74, 6) is 0.768. The van der Waals surface area contributed by atoms with Gasteiger partial charge in [0.25, 0.3) is 0 Å². The number of aryl methyl sites for hydroxylation is 2. The molecule has 7 nitrogen and oxygen atoms in total. The third kappa shape index (κ3) is 4.33. The van der Waals surface area contributed by atoms with Gasteiger partial charge in [-0.25, -0.2) is 14.8 Å². The summed E-state index contributed by atoms with van der Waals surface area (Å²) in [5.41, 5.74) is 2.71. The minimum Gasteiger partial charge on any atom is -0.444 e. The van der Waals surface area contributed by atoms with Gasteiger partial charge in [0.05, 0.1) is 11.2 Å². The second-order valence-electron chi connectivity index (χ2n) is 8.52. The fraction of sp³-hybridized carbons (Fsp3) is 0.409. The third-order valence-corrected chi connectivity index (χ3v) is 5.73. The van der Waals surface area contributed by atoms with Crippen LogP contribution in [0.2, 0.25) is 0 Å². The van der Waals surface area contributed by atoms with Gasteiger partial charge in [0.15, 0.2) is 5.13 Å². The van der Waals surface area contributed by atoms with Gasteiger partial charge in [-0.05, 0) is 45.8 Å². The number of thiazole rings is 1. The number of pyridine rings is 1. The van der Waals surface area contributed by atoms with Crippen LogP contribution in [0.5, 0.6) is 0 Å². The van der Waals surface area contributed by atoms with Crippen LogP contribution in [0.4, 0.5) is 15.7 Å². The second-order valence-corrected chi connectivity index (χ2v) is 9.76. The van der Waals surface area contributed by atoms with Crippen molar-refractivity contribution in [3.8, 4) is 0 Å². The summed E-state index contributed by atoms with van der Waals surface area (Å²) in [5, 5.41) is 5.27. The number of nitrogens with one attached hydrogen (secondary N) is 1. The minimum absolute atomic E-state index is 0.273. The summed E-state index contributed by atoms with van der Waals surface area (Å²) in [4.78, 5) is 24.6. The molecule has 0 saturated carbocycles. The summed E-state index contributed by atoms with van der Waals surface area (Å²) in [6, 6.07) is 4.14. The Morgan fingerprint density at radius 2 is 2.13 bits per heavy atom. The quantitative estimate of drug-likeness (QED) is 0.632. The summed E-state index contributed by atoms with van der Waals surface area (Å²) < 4.78 is 7.59. The van der Waals surface area contributed by atoms with Gasteiger partial charge in [0.1, 0.15) is 11.4 Å². The fourth-order valence-corrected chi connectivity index (χ4v) is 4.14. The van der Waals surface area contributed by atoms with E-state index in [2.05, 4.69) is 27.0 Å². The van der Waals surface area contributed by atoms with Gasteiger partial charge < -0.3 is 19.5 Å². The number of ether oxygens (including phenoxy) is 1. The van der Waals surface area contributed by atoms with E-state index in [1.165, 1.54) is 0 Å². The molecule has 8 heteroatoms. The maximum absolute atomic E-state index is 12.4. The van der Waals surface area contributed by atoms with Gasteiger partial charge in [-0.2, -0.15) is 0 Å². The molecule has 1 amide bonds. The number of amides is 1. The van der Waals surface area contributed by atoms with Crippen molar-refractivity contribution in [3.63, 3.8) is 0 Å². The number of aromatic nitrogens is 3. The van der Waals surface area contributed by atoms with Crippen molar-refractivity contribution in [2.45, 2.75) is 39.7 Å². The molecule has 4 rings (SSSR count). The van der Waals surface area contributed by atoms with E-state index >= 15 is 0 Å². The van der Waals surface area contributed by atoms with E-state index in [9.17, 15) is 4.79 Å². The number of fused-ring (bicyclic) bond motifs is 1. The first-order valence-corrected chi connectivity index (χ1v) is 10.8. The van der Waals surface area contributed by atoms with Crippen molar-refractivity contribution in [3.05, 3.63) is 41.2 Å². The molecule has 0 bridgehead atoms. The Hall–Kier alpha value is -2.87. The molecule has 1 aliphatic rings. The number of hydrogen-bond acceptors (Lipinski definition) is 6. The summed E-state index contributed by atoms with van der Waals surface area (Å²) in [7, 11) is 2.03. The Morgan fingerprint density at radius 1 is 1.33 bits per heavy atom. The standard InChI is InChI=1S/C22H27N5O2S/c1-14-13-23-20(30-14)25-18-12-17-16(8-9-26(17)5)19(24-18)15-6-10-27(11-7-15)21(28)29-22(2,3)4/h6,8-9,12-13H,7,10-11H2,1-5H3,(H,23,24,25). The zero-order chi connectivity index (χ0) is 21.5. The smallest absolute Gasteiger partial charge is 0.410 e. The largest absolute Gasteiger partial charge is 0.444 e. The van der Waals surface area contributed by atoms with Crippen LogP contribution in [0.15, 0.2) is 30.6 Å². The lowest BCUT2D eigenvalue weighted by molar-refractivity contribution is 0.0270. The number of nitrogens with zero attached hydrogens (tertiary/aromatic N) is 4. The molecule has 0 aliphatic carbocycles.